The van der Waals surface area contributed by atoms with Crippen LogP contribution >= 0.6 is 0 Å². The molecule has 0 aromatic heterocycles. The summed E-state index contributed by atoms with van der Waals surface area (Å²) in [5, 5.41) is 8.83. The maximum atomic E-state index is 12.8. The van der Waals surface area contributed by atoms with Crippen LogP contribution in [0.15, 0.2) is 0 Å². The Bertz CT molecular complexity index is 347. The zero-order valence-corrected chi connectivity index (χ0v) is 11.9. The molecule has 1 saturated carbocycles. The first-order valence-electron chi connectivity index (χ1n) is 7.56. The minimum absolute atomic E-state index is 0.148. The average Bonchev–Trinajstić information content (AvgIpc) is 2.84. The second-order valence-electron chi connectivity index (χ2n) is 6.35. The summed E-state index contributed by atoms with van der Waals surface area (Å²) in [6, 6.07) is 0.148. The van der Waals surface area contributed by atoms with Gasteiger partial charge in [-0.25, -0.2) is 0 Å². The lowest BCUT2D eigenvalue weighted by molar-refractivity contribution is -0.146. The van der Waals surface area contributed by atoms with Gasteiger partial charge >= 0.3 is 5.97 Å². The highest BCUT2D eigenvalue weighted by molar-refractivity contribution is 5.83. The molecule has 1 unspecified atom stereocenters. The van der Waals surface area contributed by atoms with Crippen LogP contribution in [0.25, 0.3) is 0 Å². The number of aliphatic carboxylic acids is 1. The lowest BCUT2D eigenvalue weighted by Crippen LogP contribution is -2.49. The number of carbonyl (C=O) groups excluding carboxylic acids is 1. The minimum atomic E-state index is -0.759. The van der Waals surface area contributed by atoms with Crippen LogP contribution < -0.4 is 0 Å². The van der Waals surface area contributed by atoms with Crippen molar-refractivity contribution in [2.45, 2.75) is 70.8 Å². The highest BCUT2D eigenvalue weighted by atomic mass is 16.4. The van der Waals surface area contributed by atoms with E-state index in [1.807, 2.05) is 4.90 Å². The lowest BCUT2D eigenvalue weighted by Gasteiger charge is -2.40. The van der Waals surface area contributed by atoms with Crippen molar-refractivity contribution in [1.29, 1.82) is 0 Å². The second-order valence-corrected chi connectivity index (χ2v) is 6.35. The molecule has 4 heteroatoms. The molecule has 1 atom stereocenters. The van der Waals surface area contributed by atoms with Crippen molar-refractivity contribution in [3.63, 3.8) is 0 Å². The van der Waals surface area contributed by atoms with Crippen molar-refractivity contribution in [2.24, 2.45) is 5.41 Å². The molecule has 1 heterocycles. The molecule has 4 nitrogen and oxygen atoms in total. The molecule has 0 aromatic carbocycles. The van der Waals surface area contributed by atoms with Crippen molar-refractivity contribution in [3.05, 3.63) is 0 Å². The van der Waals surface area contributed by atoms with Crippen molar-refractivity contribution >= 4 is 11.9 Å². The third-order valence-corrected chi connectivity index (χ3v) is 4.80. The molecule has 19 heavy (non-hydrogen) atoms. The number of carboxylic acids is 1. The van der Waals surface area contributed by atoms with E-state index in [4.69, 9.17) is 5.11 Å². The van der Waals surface area contributed by atoms with E-state index in [0.29, 0.717) is 6.42 Å². The molecule has 2 rings (SSSR count). The summed E-state index contributed by atoms with van der Waals surface area (Å²) in [6.45, 7) is 2.91. The van der Waals surface area contributed by atoms with Crippen LogP contribution in [0.3, 0.4) is 0 Å². The van der Waals surface area contributed by atoms with Crippen LogP contribution in [0.2, 0.25) is 0 Å². The number of likely N-dealkylation sites (tertiary alicyclic amines) is 1. The summed E-state index contributed by atoms with van der Waals surface area (Å²) in [6.07, 6.45) is 8.21. The average molecular weight is 267 g/mol. The van der Waals surface area contributed by atoms with Crippen molar-refractivity contribution in [2.75, 3.05) is 6.54 Å². The number of rotatable bonds is 4. The van der Waals surface area contributed by atoms with E-state index >= 15 is 0 Å². The Hall–Kier alpha value is -1.06. The first-order chi connectivity index (χ1) is 9.03. The number of piperidine rings is 1. The molecular formula is C15H25NO3. The van der Waals surface area contributed by atoms with Gasteiger partial charge in [0.2, 0.25) is 5.91 Å². The van der Waals surface area contributed by atoms with Crippen molar-refractivity contribution in [3.8, 4) is 0 Å². The van der Waals surface area contributed by atoms with E-state index < -0.39 is 5.97 Å². The number of carbonyl (C=O) groups is 2. The molecule has 0 spiro atoms. The highest BCUT2D eigenvalue weighted by Crippen LogP contribution is 2.40. The minimum Gasteiger partial charge on any atom is -0.481 e. The molecule has 0 bridgehead atoms. The fraction of sp³-hybridized carbons (Fsp3) is 0.867. The largest absolute Gasteiger partial charge is 0.481 e. The summed E-state index contributed by atoms with van der Waals surface area (Å²) in [5.41, 5.74) is -0.182. The summed E-state index contributed by atoms with van der Waals surface area (Å²) >= 11 is 0. The topological polar surface area (TPSA) is 57.6 Å². The lowest BCUT2D eigenvalue weighted by atomic mass is 9.85. The Labute approximate surface area is 115 Å². The van der Waals surface area contributed by atoms with Gasteiger partial charge in [-0.2, -0.15) is 0 Å². The van der Waals surface area contributed by atoms with Gasteiger partial charge < -0.3 is 10.0 Å². The van der Waals surface area contributed by atoms with Crippen LogP contribution in [-0.4, -0.2) is 34.5 Å². The van der Waals surface area contributed by atoms with Gasteiger partial charge in [0.1, 0.15) is 0 Å². The van der Waals surface area contributed by atoms with Crippen LogP contribution in [0.5, 0.6) is 0 Å². The summed E-state index contributed by atoms with van der Waals surface area (Å²) in [5.74, 6) is -0.481. The predicted molar refractivity (Wildman–Crippen MR) is 72.8 cm³/mol. The molecule has 2 fully saturated rings. The Morgan fingerprint density at radius 1 is 1.21 bits per heavy atom. The van der Waals surface area contributed by atoms with E-state index in [-0.39, 0.29) is 23.8 Å². The van der Waals surface area contributed by atoms with E-state index in [1.54, 1.807) is 0 Å². The van der Waals surface area contributed by atoms with Crippen LogP contribution in [0, 0.1) is 5.41 Å². The predicted octanol–water partition coefficient (Wildman–Crippen LogP) is 2.81. The molecular weight excluding hydrogens is 242 g/mol. The van der Waals surface area contributed by atoms with Gasteiger partial charge in [-0.3, -0.25) is 9.59 Å². The number of hydrogen-bond acceptors (Lipinski definition) is 2. The quantitative estimate of drug-likeness (QED) is 0.852. The van der Waals surface area contributed by atoms with E-state index in [1.165, 1.54) is 0 Å². The van der Waals surface area contributed by atoms with Gasteiger partial charge in [0.25, 0.3) is 0 Å². The molecule has 1 N–H and O–H groups in total. The summed E-state index contributed by atoms with van der Waals surface area (Å²) in [7, 11) is 0. The Morgan fingerprint density at radius 3 is 2.53 bits per heavy atom. The molecule has 1 amide bonds. The fourth-order valence-corrected chi connectivity index (χ4v) is 3.57. The standard InChI is InChI=1S/C15H25NO3/c1-15(9-3-4-10-15)14(19)16-11-5-2-6-12(16)7-8-13(17)18/h12H,2-11H2,1H3,(H,17,18). The normalized spacial score (nSPS) is 26.4. The second kappa shape index (κ2) is 5.93. The smallest absolute Gasteiger partial charge is 0.303 e. The van der Waals surface area contributed by atoms with Gasteiger partial charge in [-0.05, 0) is 38.5 Å². The molecule has 0 aromatic rings. The maximum Gasteiger partial charge on any atom is 0.303 e. The van der Waals surface area contributed by atoms with E-state index in [0.717, 1.165) is 51.5 Å². The van der Waals surface area contributed by atoms with Gasteiger partial charge in [0.15, 0.2) is 0 Å². The van der Waals surface area contributed by atoms with Gasteiger partial charge in [-0.1, -0.05) is 19.8 Å². The number of amides is 1. The van der Waals surface area contributed by atoms with Crippen molar-refractivity contribution < 1.29 is 14.7 Å². The Kier molecular flexibility index (Phi) is 4.48. The number of nitrogens with zero attached hydrogens (tertiary/aromatic N) is 1. The molecule has 1 saturated heterocycles. The molecule has 1 aliphatic heterocycles. The molecule has 2 aliphatic rings. The number of carboxylic acid groups (broad SMARTS) is 1. The third-order valence-electron chi connectivity index (χ3n) is 4.80. The van der Waals surface area contributed by atoms with Gasteiger partial charge in [-0.15, -0.1) is 0 Å². The Morgan fingerprint density at radius 2 is 1.89 bits per heavy atom. The van der Waals surface area contributed by atoms with E-state index in [9.17, 15) is 9.59 Å². The van der Waals surface area contributed by atoms with E-state index in [2.05, 4.69) is 6.92 Å². The third kappa shape index (κ3) is 3.28. The monoisotopic (exact) mass is 267 g/mol. The molecule has 0 radical (unpaired) electrons. The maximum absolute atomic E-state index is 12.8. The number of hydrogen-bond donors (Lipinski definition) is 1. The van der Waals surface area contributed by atoms with Crippen molar-refractivity contribution in [1.82, 2.24) is 4.90 Å². The highest BCUT2D eigenvalue weighted by Gasteiger charge is 2.41. The van der Waals surface area contributed by atoms with Crippen LogP contribution in [0.4, 0.5) is 0 Å². The zero-order valence-electron chi connectivity index (χ0n) is 11.9. The fourth-order valence-electron chi connectivity index (χ4n) is 3.57. The SMILES string of the molecule is CC1(C(=O)N2CCCCC2CCC(=O)O)CCCC1. The molecule has 108 valence electrons. The summed E-state index contributed by atoms with van der Waals surface area (Å²) < 4.78 is 0. The Balaban J connectivity index is 2.01. The van der Waals surface area contributed by atoms with Crippen LogP contribution in [0.1, 0.15) is 64.7 Å². The van der Waals surface area contributed by atoms with Crippen LogP contribution in [-0.2, 0) is 9.59 Å². The first-order valence-corrected chi connectivity index (χ1v) is 7.56. The first kappa shape index (κ1) is 14.4. The van der Waals surface area contributed by atoms with Gasteiger partial charge in [0, 0.05) is 24.4 Å². The summed E-state index contributed by atoms with van der Waals surface area (Å²) in [4.78, 5) is 25.5. The molecule has 1 aliphatic carbocycles. The van der Waals surface area contributed by atoms with Gasteiger partial charge in [0.05, 0.1) is 0 Å². The zero-order chi connectivity index (χ0) is 13.9.